The standard InChI is InChI=1S/C17H26BrN3/c1-13-4-5-14(10-16(13)18)17(11-19)21-9-6-15(12-21)20-7-2-3-8-20/h4-5,10,15,17H,2-3,6-9,11-12,19H2,1H3. The Hall–Kier alpha value is -0.420. The van der Waals surface area contributed by atoms with Gasteiger partial charge in [0.1, 0.15) is 0 Å². The molecule has 1 aromatic rings. The smallest absolute Gasteiger partial charge is 0.0471 e. The molecule has 21 heavy (non-hydrogen) atoms. The van der Waals surface area contributed by atoms with E-state index < -0.39 is 0 Å². The Bertz CT molecular complexity index is 485. The van der Waals surface area contributed by atoms with E-state index in [4.69, 9.17) is 5.73 Å². The van der Waals surface area contributed by atoms with Crippen molar-refractivity contribution in [2.24, 2.45) is 5.73 Å². The highest BCUT2D eigenvalue weighted by Gasteiger charge is 2.32. The third-order valence-electron chi connectivity index (χ3n) is 5.10. The fraction of sp³-hybridized carbons (Fsp3) is 0.647. The fourth-order valence-electron chi connectivity index (χ4n) is 3.77. The van der Waals surface area contributed by atoms with Crippen LogP contribution in [0.1, 0.15) is 36.4 Å². The monoisotopic (exact) mass is 351 g/mol. The average molecular weight is 352 g/mol. The number of benzene rings is 1. The molecule has 0 bridgehead atoms. The van der Waals surface area contributed by atoms with Gasteiger partial charge in [-0.1, -0.05) is 28.1 Å². The number of hydrogen-bond acceptors (Lipinski definition) is 3. The van der Waals surface area contributed by atoms with Crippen molar-refractivity contribution in [2.45, 2.75) is 38.3 Å². The summed E-state index contributed by atoms with van der Waals surface area (Å²) < 4.78 is 1.19. The number of aryl methyl sites for hydroxylation is 1. The lowest BCUT2D eigenvalue weighted by atomic mass is 10.0. The molecule has 3 nitrogen and oxygen atoms in total. The molecule has 0 aliphatic carbocycles. The number of rotatable bonds is 4. The summed E-state index contributed by atoms with van der Waals surface area (Å²) in [4.78, 5) is 5.26. The summed E-state index contributed by atoms with van der Waals surface area (Å²) in [6.45, 7) is 7.76. The van der Waals surface area contributed by atoms with Gasteiger partial charge in [-0.05, 0) is 56.5 Å². The predicted molar refractivity (Wildman–Crippen MR) is 91.5 cm³/mol. The van der Waals surface area contributed by atoms with E-state index in [1.165, 1.54) is 61.0 Å². The van der Waals surface area contributed by atoms with Gasteiger partial charge in [-0.2, -0.15) is 0 Å². The Labute approximate surface area is 136 Å². The minimum Gasteiger partial charge on any atom is -0.329 e. The van der Waals surface area contributed by atoms with Crippen molar-refractivity contribution in [3.63, 3.8) is 0 Å². The number of nitrogens with two attached hydrogens (primary N) is 1. The lowest BCUT2D eigenvalue weighted by molar-refractivity contribution is 0.203. The van der Waals surface area contributed by atoms with Crippen molar-refractivity contribution in [2.75, 3.05) is 32.7 Å². The summed E-state index contributed by atoms with van der Waals surface area (Å²) in [5.41, 5.74) is 8.73. The van der Waals surface area contributed by atoms with Gasteiger partial charge < -0.3 is 5.73 Å². The second-order valence-corrected chi connectivity index (χ2v) is 7.29. The van der Waals surface area contributed by atoms with E-state index in [0.717, 1.165) is 6.04 Å². The molecule has 1 aromatic carbocycles. The number of halogens is 1. The first kappa shape index (κ1) is 15.5. The van der Waals surface area contributed by atoms with Crippen LogP contribution in [0.4, 0.5) is 0 Å². The summed E-state index contributed by atoms with van der Waals surface area (Å²) in [7, 11) is 0. The summed E-state index contributed by atoms with van der Waals surface area (Å²) in [6.07, 6.45) is 4.05. The van der Waals surface area contributed by atoms with Gasteiger partial charge in [0.2, 0.25) is 0 Å². The lowest BCUT2D eigenvalue weighted by Crippen LogP contribution is -2.38. The fourth-order valence-corrected chi connectivity index (χ4v) is 4.16. The van der Waals surface area contributed by atoms with Gasteiger partial charge in [0.15, 0.2) is 0 Å². The van der Waals surface area contributed by atoms with Gasteiger partial charge in [-0.15, -0.1) is 0 Å². The molecule has 2 aliphatic rings. The van der Waals surface area contributed by atoms with E-state index in [-0.39, 0.29) is 0 Å². The van der Waals surface area contributed by atoms with E-state index in [1.54, 1.807) is 0 Å². The SMILES string of the molecule is Cc1ccc(C(CN)N2CCC(N3CCCC3)C2)cc1Br. The molecule has 0 saturated carbocycles. The molecular weight excluding hydrogens is 326 g/mol. The van der Waals surface area contributed by atoms with Crippen molar-refractivity contribution in [3.8, 4) is 0 Å². The van der Waals surface area contributed by atoms with Gasteiger partial charge in [0, 0.05) is 36.2 Å². The topological polar surface area (TPSA) is 32.5 Å². The molecule has 2 heterocycles. The minimum atomic E-state index is 0.356. The Kier molecular flexibility index (Phi) is 4.99. The van der Waals surface area contributed by atoms with Crippen LogP contribution in [-0.2, 0) is 0 Å². The maximum atomic E-state index is 6.10. The van der Waals surface area contributed by atoms with Gasteiger partial charge in [-0.3, -0.25) is 9.80 Å². The van der Waals surface area contributed by atoms with Crippen molar-refractivity contribution < 1.29 is 0 Å². The molecule has 0 radical (unpaired) electrons. The molecule has 3 rings (SSSR count). The molecule has 2 atom stereocenters. The Balaban J connectivity index is 1.70. The van der Waals surface area contributed by atoms with Crippen LogP contribution in [0.3, 0.4) is 0 Å². The summed E-state index contributed by atoms with van der Waals surface area (Å²) in [5.74, 6) is 0. The van der Waals surface area contributed by atoms with Crippen LogP contribution < -0.4 is 5.73 Å². The molecule has 4 heteroatoms. The highest BCUT2D eigenvalue weighted by molar-refractivity contribution is 9.10. The molecule has 0 spiro atoms. The molecule has 116 valence electrons. The van der Waals surface area contributed by atoms with E-state index in [0.29, 0.717) is 12.6 Å². The first-order valence-electron chi connectivity index (χ1n) is 8.13. The lowest BCUT2D eigenvalue weighted by Gasteiger charge is -2.29. The van der Waals surface area contributed by atoms with Crippen LogP contribution in [0.5, 0.6) is 0 Å². The third-order valence-corrected chi connectivity index (χ3v) is 5.95. The number of likely N-dealkylation sites (tertiary alicyclic amines) is 2. The van der Waals surface area contributed by atoms with Crippen molar-refractivity contribution >= 4 is 15.9 Å². The highest BCUT2D eigenvalue weighted by Crippen LogP contribution is 2.30. The largest absolute Gasteiger partial charge is 0.329 e. The second-order valence-electron chi connectivity index (χ2n) is 6.44. The molecule has 2 saturated heterocycles. The minimum absolute atomic E-state index is 0.356. The van der Waals surface area contributed by atoms with E-state index in [9.17, 15) is 0 Å². The molecular formula is C17H26BrN3. The van der Waals surface area contributed by atoms with Crippen LogP contribution in [0.15, 0.2) is 22.7 Å². The quantitative estimate of drug-likeness (QED) is 0.904. The zero-order valence-corrected chi connectivity index (χ0v) is 14.5. The van der Waals surface area contributed by atoms with Crippen molar-refractivity contribution in [1.29, 1.82) is 0 Å². The Morgan fingerprint density at radius 2 is 2.05 bits per heavy atom. The molecule has 2 N–H and O–H groups in total. The summed E-state index contributed by atoms with van der Waals surface area (Å²) in [6, 6.07) is 7.78. The van der Waals surface area contributed by atoms with Gasteiger partial charge in [-0.25, -0.2) is 0 Å². The van der Waals surface area contributed by atoms with E-state index in [1.807, 2.05) is 0 Å². The molecule has 2 aliphatic heterocycles. The average Bonchev–Trinajstić information content (AvgIpc) is 3.14. The van der Waals surface area contributed by atoms with Crippen LogP contribution >= 0.6 is 15.9 Å². The molecule has 0 amide bonds. The van der Waals surface area contributed by atoms with Gasteiger partial charge >= 0.3 is 0 Å². The van der Waals surface area contributed by atoms with Crippen molar-refractivity contribution in [1.82, 2.24) is 9.80 Å². The van der Waals surface area contributed by atoms with Crippen LogP contribution in [-0.4, -0.2) is 48.6 Å². The normalized spacial score (nSPS) is 25.6. The zero-order chi connectivity index (χ0) is 14.8. The van der Waals surface area contributed by atoms with E-state index >= 15 is 0 Å². The maximum Gasteiger partial charge on any atom is 0.0471 e. The Morgan fingerprint density at radius 3 is 2.71 bits per heavy atom. The number of hydrogen-bond donors (Lipinski definition) is 1. The highest BCUT2D eigenvalue weighted by atomic mass is 79.9. The van der Waals surface area contributed by atoms with Gasteiger partial charge in [0.05, 0.1) is 0 Å². The zero-order valence-electron chi connectivity index (χ0n) is 12.9. The second kappa shape index (κ2) is 6.78. The summed E-state index contributed by atoms with van der Waals surface area (Å²) in [5, 5.41) is 0. The maximum absolute atomic E-state index is 6.10. The molecule has 0 aromatic heterocycles. The predicted octanol–water partition coefficient (Wildman–Crippen LogP) is 2.93. The molecule has 2 unspecified atom stereocenters. The van der Waals surface area contributed by atoms with E-state index in [2.05, 4.69) is 50.9 Å². The first-order chi connectivity index (χ1) is 10.2. The molecule has 2 fully saturated rings. The number of nitrogens with zero attached hydrogens (tertiary/aromatic N) is 2. The Morgan fingerprint density at radius 1 is 1.29 bits per heavy atom. The third kappa shape index (κ3) is 3.34. The van der Waals surface area contributed by atoms with Crippen LogP contribution in [0, 0.1) is 6.92 Å². The van der Waals surface area contributed by atoms with Crippen LogP contribution in [0.2, 0.25) is 0 Å². The van der Waals surface area contributed by atoms with Crippen LogP contribution in [0.25, 0.3) is 0 Å². The van der Waals surface area contributed by atoms with Gasteiger partial charge in [0.25, 0.3) is 0 Å². The first-order valence-corrected chi connectivity index (χ1v) is 8.92. The summed E-state index contributed by atoms with van der Waals surface area (Å²) >= 11 is 3.65. The van der Waals surface area contributed by atoms with Crippen molar-refractivity contribution in [3.05, 3.63) is 33.8 Å².